The van der Waals surface area contributed by atoms with E-state index in [1.54, 1.807) is 18.2 Å². The van der Waals surface area contributed by atoms with Gasteiger partial charge in [-0.3, -0.25) is 4.79 Å². The molecular formula is C13H17NO2. The van der Waals surface area contributed by atoms with Gasteiger partial charge in [0.1, 0.15) is 5.75 Å². The van der Waals surface area contributed by atoms with Crippen LogP contribution in [-0.2, 0) is 0 Å². The van der Waals surface area contributed by atoms with Gasteiger partial charge in [-0.2, -0.15) is 0 Å². The molecule has 0 aromatic heterocycles. The monoisotopic (exact) mass is 219 g/mol. The normalized spacial score (nSPS) is 18.3. The Morgan fingerprint density at radius 3 is 2.56 bits per heavy atom. The summed E-state index contributed by atoms with van der Waals surface area (Å²) >= 11 is 0. The maximum absolute atomic E-state index is 12.0. The van der Waals surface area contributed by atoms with Crippen molar-refractivity contribution in [3.05, 3.63) is 29.8 Å². The Bertz CT molecular complexity index is 395. The second-order valence-corrected chi connectivity index (χ2v) is 4.74. The van der Waals surface area contributed by atoms with E-state index < -0.39 is 0 Å². The van der Waals surface area contributed by atoms with E-state index in [4.69, 9.17) is 0 Å². The summed E-state index contributed by atoms with van der Waals surface area (Å²) in [5.41, 5.74) is 0.259. The van der Waals surface area contributed by atoms with E-state index in [9.17, 15) is 9.90 Å². The number of para-hydroxylation sites is 1. The lowest BCUT2D eigenvalue weighted by molar-refractivity contribution is 0.0905. The van der Waals surface area contributed by atoms with Crippen LogP contribution in [0.1, 0.15) is 43.0 Å². The molecule has 1 aromatic rings. The van der Waals surface area contributed by atoms with Crippen molar-refractivity contribution in [1.82, 2.24) is 5.32 Å². The van der Waals surface area contributed by atoms with Crippen LogP contribution in [0.15, 0.2) is 24.3 Å². The van der Waals surface area contributed by atoms with Gasteiger partial charge in [-0.05, 0) is 31.9 Å². The number of aromatic hydroxyl groups is 1. The highest BCUT2D eigenvalue weighted by Crippen LogP contribution is 2.29. The Labute approximate surface area is 95.5 Å². The minimum absolute atomic E-state index is 0.0431. The summed E-state index contributed by atoms with van der Waals surface area (Å²) in [6, 6.07) is 6.64. The zero-order valence-electron chi connectivity index (χ0n) is 9.49. The summed E-state index contributed by atoms with van der Waals surface area (Å²) in [6.45, 7) is 2.07. The maximum Gasteiger partial charge on any atom is 0.255 e. The molecule has 1 saturated carbocycles. The molecule has 1 amide bonds. The molecule has 3 nitrogen and oxygen atoms in total. The van der Waals surface area contributed by atoms with Gasteiger partial charge in [0.25, 0.3) is 5.91 Å². The SMILES string of the molecule is CC1(NC(=O)c2ccccc2O)CCCC1. The minimum Gasteiger partial charge on any atom is -0.507 e. The second kappa shape index (κ2) is 4.16. The van der Waals surface area contributed by atoms with E-state index in [1.807, 2.05) is 0 Å². The van der Waals surface area contributed by atoms with Gasteiger partial charge in [-0.1, -0.05) is 25.0 Å². The lowest BCUT2D eigenvalue weighted by Crippen LogP contribution is -2.43. The average molecular weight is 219 g/mol. The van der Waals surface area contributed by atoms with Gasteiger partial charge < -0.3 is 10.4 Å². The standard InChI is InChI=1S/C13H17NO2/c1-13(8-4-5-9-13)14-12(16)10-6-2-3-7-11(10)15/h2-3,6-7,15H,4-5,8-9H2,1H3,(H,14,16). The van der Waals surface area contributed by atoms with Crippen LogP contribution < -0.4 is 5.32 Å². The molecule has 1 fully saturated rings. The van der Waals surface area contributed by atoms with Crippen LogP contribution in [0.4, 0.5) is 0 Å². The Morgan fingerprint density at radius 2 is 1.94 bits per heavy atom. The van der Waals surface area contributed by atoms with E-state index in [0.717, 1.165) is 25.7 Å². The molecular weight excluding hydrogens is 202 g/mol. The number of hydrogen-bond acceptors (Lipinski definition) is 2. The number of hydrogen-bond donors (Lipinski definition) is 2. The maximum atomic E-state index is 12.0. The van der Waals surface area contributed by atoms with Crippen molar-refractivity contribution in [3.8, 4) is 5.75 Å². The van der Waals surface area contributed by atoms with Crippen LogP contribution in [0.25, 0.3) is 0 Å². The van der Waals surface area contributed by atoms with Crippen LogP contribution in [0.3, 0.4) is 0 Å². The van der Waals surface area contributed by atoms with E-state index in [-0.39, 0.29) is 17.2 Å². The minimum atomic E-state index is -0.178. The van der Waals surface area contributed by atoms with Gasteiger partial charge in [0.05, 0.1) is 5.56 Å². The van der Waals surface area contributed by atoms with E-state index >= 15 is 0 Å². The first kappa shape index (κ1) is 11.0. The largest absolute Gasteiger partial charge is 0.507 e. The van der Waals surface area contributed by atoms with Crippen molar-refractivity contribution >= 4 is 5.91 Å². The number of rotatable bonds is 2. The smallest absolute Gasteiger partial charge is 0.255 e. The van der Waals surface area contributed by atoms with E-state index in [2.05, 4.69) is 12.2 Å². The summed E-state index contributed by atoms with van der Waals surface area (Å²) in [5.74, 6) is -0.135. The first-order chi connectivity index (χ1) is 7.61. The molecule has 0 aliphatic heterocycles. The zero-order valence-corrected chi connectivity index (χ0v) is 9.49. The predicted octanol–water partition coefficient (Wildman–Crippen LogP) is 2.45. The van der Waals surface area contributed by atoms with Gasteiger partial charge in [0, 0.05) is 5.54 Å². The highest BCUT2D eigenvalue weighted by molar-refractivity contribution is 5.97. The van der Waals surface area contributed by atoms with Crippen LogP contribution in [0.2, 0.25) is 0 Å². The Balaban J connectivity index is 2.11. The fourth-order valence-corrected chi connectivity index (χ4v) is 2.29. The van der Waals surface area contributed by atoms with Crippen molar-refractivity contribution in [1.29, 1.82) is 0 Å². The van der Waals surface area contributed by atoms with Crippen molar-refractivity contribution in [3.63, 3.8) is 0 Å². The first-order valence-electron chi connectivity index (χ1n) is 5.71. The first-order valence-corrected chi connectivity index (χ1v) is 5.71. The summed E-state index contributed by atoms with van der Waals surface area (Å²) in [7, 11) is 0. The third kappa shape index (κ3) is 2.18. The number of phenolic OH excluding ortho intramolecular Hbond substituents is 1. The number of phenols is 1. The fraction of sp³-hybridized carbons (Fsp3) is 0.462. The lowest BCUT2D eigenvalue weighted by Gasteiger charge is -2.25. The number of carbonyl (C=O) groups is 1. The molecule has 1 aliphatic rings. The Morgan fingerprint density at radius 1 is 1.31 bits per heavy atom. The summed E-state index contributed by atoms with van der Waals surface area (Å²) < 4.78 is 0. The predicted molar refractivity (Wildman–Crippen MR) is 62.4 cm³/mol. The fourth-order valence-electron chi connectivity index (χ4n) is 2.29. The summed E-state index contributed by atoms with van der Waals surface area (Å²) in [4.78, 5) is 12.0. The number of benzene rings is 1. The average Bonchev–Trinajstić information content (AvgIpc) is 2.65. The summed E-state index contributed by atoms with van der Waals surface area (Å²) in [6.07, 6.45) is 4.37. The molecule has 0 radical (unpaired) electrons. The van der Waals surface area contributed by atoms with Gasteiger partial charge in [-0.25, -0.2) is 0 Å². The molecule has 1 aliphatic carbocycles. The molecule has 0 saturated heterocycles. The van der Waals surface area contributed by atoms with Crippen molar-refractivity contribution in [2.45, 2.75) is 38.1 Å². The second-order valence-electron chi connectivity index (χ2n) is 4.74. The highest BCUT2D eigenvalue weighted by atomic mass is 16.3. The lowest BCUT2D eigenvalue weighted by atomic mass is 10.00. The third-order valence-electron chi connectivity index (χ3n) is 3.27. The third-order valence-corrected chi connectivity index (χ3v) is 3.27. The quantitative estimate of drug-likeness (QED) is 0.802. The van der Waals surface area contributed by atoms with Crippen LogP contribution in [-0.4, -0.2) is 16.6 Å². The number of amides is 1. The molecule has 0 heterocycles. The topological polar surface area (TPSA) is 49.3 Å². The van der Waals surface area contributed by atoms with Crippen LogP contribution >= 0.6 is 0 Å². The molecule has 2 rings (SSSR count). The number of nitrogens with one attached hydrogen (secondary N) is 1. The highest BCUT2D eigenvalue weighted by Gasteiger charge is 2.30. The van der Waals surface area contributed by atoms with Gasteiger partial charge >= 0.3 is 0 Å². The van der Waals surface area contributed by atoms with Gasteiger partial charge in [0.15, 0.2) is 0 Å². The molecule has 16 heavy (non-hydrogen) atoms. The van der Waals surface area contributed by atoms with Crippen LogP contribution in [0.5, 0.6) is 5.75 Å². The molecule has 0 bridgehead atoms. The molecule has 86 valence electrons. The number of carbonyl (C=O) groups excluding carboxylic acids is 1. The molecule has 0 spiro atoms. The Kier molecular flexibility index (Phi) is 2.86. The summed E-state index contributed by atoms with van der Waals surface area (Å²) in [5, 5.41) is 12.6. The molecule has 0 atom stereocenters. The van der Waals surface area contributed by atoms with Crippen molar-refractivity contribution in [2.24, 2.45) is 0 Å². The van der Waals surface area contributed by atoms with E-state index in [1.165, 1.54) is 6.07 Å². The van der Waals surface area contributed by atoms with E-state index in [0.29, 0.717) is 5.56 Å². The van der Waals surface area contributed by atoms with Crippen molar-refractivity contribution in [2.75, 3.05) is 0 Å². The van der Waals surface area contributed by atoms with Gasteiger partial charge in [0.2, 0.25) is 0 Å². The molecule has 1 aromatic carbocycles. The van der Waals surface area contributed by atoms with Crippen molar-refractivity contribution < 1.29 is 9.90 Å². The molecule has 3 heteroatoms. The molecule has 0 unspecified atom stereocenters. The van der Waals surface area contributed by atoms with Crippen LogP contribution in [0, 0.1) is 0 Å². The zero-order chi connectivity index (χ0) is 11.6. The van der Waals surface area contributed by atoms with Gasteiger partial charge in [-0.15, -0.1) is 0 Å². The Hall–Kier alpha value is -1.51. The molecule has 2 N–H and O–H groups in total.